The first-order chi connectivity index (χ1) is 7.88. The monoisotopic (exact) mass is 251 g/mol. The quantitative estimate of drug-likeness (QED) is 0.787. The molecule has 0 saturated carbocycles. The summed E-state index contributed by atoms with van der Waals surface area (Å²) in [6, 6.07) is 0. The summed E-state index contributed by atoms with van der Waals surface area (Å²) in [5, 5.41) is 7.22. The van der Waals surface area contributed by atoms with Crippen LogP contribution in [0.2, 0.25) is 0 Å². The minimum absolute atomic E-state index is 0.0891. The predicted molar refractivity (Wildman–Crippen MR) is 57.9 cm³/mol. The third-order valence-corrected chi connectivity index (χ3v) is 2.06. The van der Waals surface area contributed by atoms with Crippen molar-refractivity contribution >= 4 is 5.69 Å². The van der Waals surface area contributed by atoms with E-state index in [0.717, 1.165) is 11.4 Å². The van der Waals surface area contributed by atoms with Crippen molar-refractivity contribution in [3.63, 3.8) is 0 Å². The van der Waals surface area contributed by atoms with Crippen molar-refractivity contribution in [1.82, 2.24) is 9.78 Å². The topological polar surface area (TPSA) is 39.1 Å². The average molecular weight is 251 g/mol. The van der Waals surface area contributed by atoms with Crippen molar-refractivity contribution in [2.45, 2.75) is 19.5 Å². The molecule has 0 spiro atoms. The molecule has 1 N–H and O–H groups in total. The second kappa shape index (κ2) is 5.90. The highest BCUT2D eigenvalue weighted by molar-refractivity contribution is 5.45. The Kier molecular flexibility index (Phi) is 4.80. The summed E-state index contributed by atoms with van der Waals surface area (Å²) in [4.78, 5) is 0. The molecule has 7 heteroatoms. The second-order valence-electron chi connectivity index (χ2n) is 3.75. The fourth-order valence-electron chi connectivity index (χ4n) is 1.36. The smallest absolute Gasteiger partial charge is 0.382 e. The van der Waals surface area contributed by atoms with Crippen LogP contribution in [0.25, 0.3) is 0 Å². The summed E-state index contributed by atoms with van der Waals surface area (Å²) in [7, 11) is 1.81. The molecule has 1 rings (SSSR count). The maximum absolute atomic E-state index is 11.7. The van der Waals surface area contributed by atoms with Gasteiger partial charge in [0.25, 0.3) is 0 Å². The molecule has 1 heterocycles. The molecule has 0 bridgehead atoms. The number of ether oxygens (including phenoxy) is 1. The van der Waals surface area contributed by atoms with Crippen LogP contribution < -0.4 is 5.32 Å². The van der Waals surface area contributed by atoms with E-state index < -0.39 is 12.8 Å². The maximum Gasteiger partial charge on any atom is 0.411 e. The number of hydrogen-bond donors (Lipinski definition) is 1. The first-order valence-electron chi connectivity index (χ1n) is 5.27. The van der Waals surface area contributed by atoms with Gasteiger partial charge in [0.1, 0.15) is 6.61 Å². The van der Waals surface area contributed by atoms with E-state index >= 15 is 0 Å². The Balaban J connectivity index is 2.11. The van der Waals surface area contributed by atoms with Crippen LogP contribution in [0, 0.1) is 6.92 Å². The zero-order valence-electron chi connectivity index (χ0n) is 9.84. The number of anilines is 1. The van der Waals surface area contributed by atoms with Gasteiger partial charge in [-0.1, -0.05) is 0 Å². The lowest BCUT2D eigenvalue weighted by molar-refractivity contribution is -0.173. The van der Waals surface area contributed by atoms with E-state index in [0.29, 0.717) is 13.0 Å². The third-order valence-electron chi connectivity index (χ3n) is 2.06. The predicted octanol–water partition coefficient (Wildman–Crippen LogP) is 2.11. The van der Waals surface area contributed by atoms with Crippen molar-refractivity contribution in [2.75, 3.05) is 25.1 Å². The Morgan fingerprint density at radius 2 is 2.18 bits per heavy atom. The van der Waals surface area contributed by atoms with Gasteiger partial charge in [0, 0.05) is 26.4 Å². The zero-order valence-corrected chi connectivity index (χ0v) is 9.84. The molecule has 98 valence electrons. The summed E-state index contributed by atoms with van der Waals surface area (Å²) < 4.78 is 41.4. The summed E-state index contributed by atoms with van der Waals surface area (Å²) >= 11 is 0. The average Bonchev–Trinajstić information content (AvgIpc) is 2.49. The Morgan fingerprint density at radius 1 is 1.47 bits per heavy atom. The SMILES string of the molecule is Cc1nn(C)cc1NCCCOCC(F)(F)F. The Bertz CT molecular complexity index is 349. The largest absolute Gasteiger partial charge is 0.411 e. The maximum atomic E-state index is 11.7. The number of aromatic nitrogens is 2. The molecule has 0 saturated heterocycles. The van der Waals surface area contributed by atoms with E-state index in [9.17, 15) is 13.2 Å². The van der Waals surface area contributed by atoms with Gasteiger partial charge >= 0.3 is 6.18 Å². The second-order valence-corrected chi connectivity index (χ2v) is 3.75. The lowest BCUT2D eigenvalue weighted by atomic mass is 10.3. The minimum atomic E-state index is -4.24. The lowest BCUT2D eigenvalue weighted by Crippen LogP contribution is -2.18. The van der Waals surface area contributed by atoms with Gasteiger partial charge in [-0.3, -0.25) is 4.68 Å². The highest BCUT2D eigenvalue weighted by Crippen LogP contribution is 2.14. The summed E-state index contributed by atoms with van der Waals surface area (Å²) in [5.74, 6) is 0. The number of hydrogen-bond acceptors (Lipinski definition) is 3. The summed E-state index contributed by atoms with van der Waals surface area (Å²) in [6.07, 6.45) is -1.90. The zero-order chi connectivity index (χ0) is 12.9. The molecule has 0 unspecified atom stereocenters. The van der Waals surface area contributed by atoms with Crippen LogP contribution in [-0.4, -0.2) is 35.7 Å². The van der Waals surface area contributed by atoms with Gasteiger partial charge in [-0.2, -0.15) is 18.3 Å². The molecule has 0 fully saturated rings. The standard InChI is InChI=1S/C10H16F3N3O/c1-8-9(6-16(2)15-8)14-4-3-5-17-7-10(11,12)13/h6,14H,3-5,7H2,1-2H3. The molecular weight excluding hydrogens is 235 g/mol. The van der Waals surface area contributed by atoms with Crippen molar-refractivity contribution in [3.05, 3.63) is 11.9 Å². The normalized spacial score (nSPS) is 11.8. The van der Waals surface area contributed by atoms with Gasteiger partial charge in [-0.25, -0.2) is 0 Å². The van der Waals surface area contributed by atoms with Crippen molar-refractivity contribution in [2.24, 2.45) is 7.05 Å². The van der Waals surface area contributed by atoms with Gasteiger partial charge in [0.15, 0.2) is 0 Å². The fraction of sp³-hybridized carbons (Fsp3) is 0.700. The molecule has 0 aliphatic rings. The van der Waals surface area contributed by atoms with Crippen molar-refractivity contribution in [1.29, 1.82) is 0 Å². The first-order valence-corrected chi connectivity index (χ1v) is 5.27. The van der Waals surface area contributed by atoms with Gasteiger partial charge in [-0.15, -0.1) is 0 Å². The van der Waals surface area contributed by atoms with E-state index in [-0.39, 0.29) is 6.61 Å². The number of nitrogens with one attached hydrogen (secondary N) is 1. The molecule has 0 aromatic carbocycles. The minimum Gasteiger partial charge on any atom is -0.382 e. The van der Waals surface area contributed by atoms with E-state index in [1.807, 2.05) is 20.2 Å². The molecule has 0 atom stereocenters. The van der Waals surface area contributed by atoms with Gasteiger partial charge in [0.05, 0.1) is 11.4 Å². The number of alkyl halides is 3. The lowest BCUT2D eigenvalue weighted by Gasteiger charge is -2.08. The third kappa shape index (κ3) is 5.58. The number of nitrogens with zero attached hydrogens (tertiary/aromatic N) is 2. The van der Waals surface area contributed by atoms with E-state index in [4.69, 9.17) is 0 Å². The molecule has 17 heavy (non-hydrogen) atoms. The molecule has 1 aromatic rings. The molecule has 0 aliphatic carbocycles. The van der Waals surface area contributed by atoms with Crippen LogP contribution in [0.3, 0.4) is 0 Å². The fourth-order valence-corrected chi connectivity index (χ4v) is 1.36. The Labute approximate surface area is 97.8 Å². The van der Waals surface area contributed by atoms with Gasteiger partial charge in [0.2, 0.25) is 0 Å². The highest BCUT2D eigenvalue weighted by Gasteiger charge is 2.27. The van der Waals surface area contributed by atoms with Crippen molar-refractivity contribution in [3.8, 4) is 0 Å². The van der Waals surface area contributed by atoms with Gasteiger partial charge in [-0.05, 0) is 13.3 Å². The molecule has 0 amide bonds. The Hall–Kier alpha value is -1.24. The summed E-state index contributed by atoms with van der Waals surface area (Å²) in [5.41, 5.74) is 1.76. The number of halogens is 3. The molecule has 0 aliphatic heterocycles. The molecular formula is C10H16F3N3O. The van der Waals surface area contributed by atoms with Gasteiger partial charge < -0.3 is 10.1 Å². The van der Waals surface area contributed by atoms with Crippen LogP contribution >= 0.6 is 0 Å². The molecule has 0 radical (unpaired) electrons. The van der Waals surface area contributed by atoms with Crippen LogP contribution in [0.5, 0.6) is 0 Å². The van der Waals surface area contributed by atoms with Crippen LogP contribution in [0.15, 0.2) is 6.20 Å². The van der Waals surface area contributed by atoms with E-state index in [1.54, 1.807) is 4.68 Å². The van der Waals surface area contributed by atoms with Crippen LogP contribution in [0.4, 0.5) is 18.9 Å². The van der Waals surface area contributed by atoms with E-state index in [2.05, 4.69) is 15.2 Å². The van der Waals surface area contributed by atoms with E-state index in [1.165, 1.54) is 0 Å². The first kappa shape index (κ1) is 13.8. The number of rotatable bonds is 6. The molecule has 4 nitrogen and oxygen atoms in total. The highest BCUT2D eigenvalue weighted by atomic mass is 19.4. The molecule has 1 aromatic heterocycles. The van der Waals surface area contributed by atoms with Crippen LogP contribution in [-0.2, 0) is 11.8 Å². The Morgan fingerprint density at radius 3 is 2.71 bits per heavy atom. The number of aryl methyl sites for hydroxylation is 2. The summed E-state index contributed by atoms with van der Waals surface area (Å²) in [6.45, 7) is 1.33. The van der Waals surface area contributed by atoms with Crippen LogP contribution in [0.1, 0.15) is 12.1 Å². The van der Waals surface area contributed by atoms with Crippen molar-refractivity contribution < 1.29 is 17.9 Å².